The quantitative estimate of drug-likeness (QED) is 0.746. The highest BCUT2D eigenvalue weighted by Gasteiger charge is 2.26. The second kappa shape index (κ2) is 8.48. The Bertz CT molecular complexity index is 853. The van der Waals surface area contributed by atoms with Gasteiger partial charge in [0, 0.05) is 17.6 Å². The van der Waals surface area contributed by atoms with Crippen LogP contribution in [0.4, 0.5) is 0 Å². The molecule has 7 heteroatoms. The number of rotatable bonds is 4. The van der Waals surface area contributed by atoms with E-state index in [2.05, 4.69) is 10.3 Å². The van der Waals surface area contributed by atoms with Gasteiger partial charge in [0.15, 0.2) is 0 Å². The highest BCUT2D eigenvalue weighted by molar-refractivity contribution is 5.97. The molecule has 4 rings (SSSR count). The molecule has 1 amide bonds. The van der Waals surface area contributed by atoms with Gasteiger partial charge < -0.3 is 16.0 Å². The molecule has 2 aromatic rings. The summed E-state index contributed by atoms with van der Waals surface area (Å²) in [5.41, 5.74) is 8.04. The fourth-order valence-electron chi connectivity index (χ4n) is 4.73. The van der Waals surface area contributed by atoms with Crippen LogP contribution in [0.5, 0.6) is 0 Å². The van der Waals surface area contributed by atoms with Crippen LogP contribution in [-0.4, -0.2) is 28.0 Å². The van der Waals surface area contributed by atoms with Crippen molar-refractivity contribution in [3.8, 4) is 0 Å². The summed E-state index contributed by atoms with van der Waals surface area (Å²) in [5, 5.41) is 3.16. The lowest BCUT2D eigenvalue weighted by atomic mass is 9.84. The summed E-state index contributed by atoms with van der Waals surface area (Å²) in [7, 11) is 0. The predicted molar refractivity (Wildman–Crippen MR) is 110 cm³/mol. The number of fused-ring (bicyclic) bond motifs is 1. The van der Waals surface area contributed by atoms with E-state index in [0.717, 1.165) is 43.1 Å². The van der Waals surface area contributed by atoms with E-state index >= 15 is 0 Å². The number of carbonyl (C=O) groups excluding carboxylic acids is 1. The monoisotopic (exact) mass is 392 g/mol. The van der Waals surface area contributed by atoms with Gasteiger partial charge in [0.05, 0.1) is 11.0 Å². The topological polar surface area (TPSA) is 92.9 Å². The number of amides is 1. The summed E-state index contributed by atoms with van der Waals surface area (Å²) in [4.78, 5) is 28.0. The van der Waals surface area contributed by atoms with Crippen molar-refractivity contribution in [3.05, 3.63) is 34.2 Å². The van der Waals surface area contributed by atoms with Crippen molar-refractivity contribution in [2.75, 3.05) is 6.54 Å². The zero-order valence-electron chi connectivity index (χ0n) is 15.6. The van der Waals surface area contributed by atoms with Gasteiger partial charge >= 0.3 is 5.69 Å². The van der Waals surface area contributed by atoms with Gasteiger partial charge in [-0.3, -0.25) is 9.36 Å². The van der Waals surface area contributed by atoms with Crippen LogP contribution in [-0.2, 0) is 0 Å². The van der Waals surface area contributed by atoms with Crippen molar-refractivity contribution in [3.63, 3.8) is 0 Å². The van der Waals surface area contributed by atoms with Gasteiger partial charge in [-0.15, -0.1) is 12.4 Å². The van der Waals surface area contributed by atoms with Crippen LogP contribution in [0.1, 0.15) is 67.8 Å². The van der Waals surface area contributed by atoms with Gasteiger partial charge in [0.2, 0.25) is 0 Å². The third-order valence-electron chi connectivity index (χ3n) is 6.20. The van der Waals surface area contributed by atoms with Gasteiger partial charge in [0.25, 0.3) is 5.91 Å². The minimum atomic E-state index is -0.0771. The Morgan fingerprint density at radius 3 is 2.59 bits per heavy atom. The molecular weight excluding hydrogens is 364 g/mol. The van der Waals surface area contributed by atoms with Crippen LogP contribution in [0.25, 0.3) is 11.0 Å². The van der Waals surface area contributed by atoms with Gasteiger partial charge in [-0.25, -0.2) is 4.79 Å². The molecule has 1 aromatic carbocycles. The van der Waals surface area contributed by atoms with Crippen molar-refractivity contribution in [2.45, 2.75) is 63.5 Å². The number of benzene rings is 1. The van der Waals surface area contributed by atoms with Crippen molar-refractivity contribution in [1.82, 2.24) is 14.9 Å². The number of imidazole rings is 1. The molecule has 0 spiro atoms. The lowest BCUT2D eigenvalue weighted by molar-refractivity contribution is 0.0908. The van der Waals surface area contributed by atoms with Crippen molar-refractivity contribution in [2.24, 2.45) is 11.7 Å². The standard InChI is InChI=1S/C20H28N4O2.ClH/c21-12-14-5-1-4-8-16(14)22-19(25)13-9-10-18-17(11-13)23-20(26)24(18)15-6-2-3-7-15;/h9-11,14-16H,1-8,12,21H2,(H,22,25)(H,23,26);1H. The Kier molecular flexibility index (Phi) is 6.27. The van der Waals surface area contributed by atoms with E-state index in [1.165, 1.54) is 19.3 Å². The first-order valence-electron chi connectivity index (χ1n) is 9.92. The second-order valence-electron chi connectivity index (χ2n) is 7.83. The number of H-pyrrole nitrogens is 1. The predicted octanol–water partition coefficient (Wildman–Crippen LogP) is 3.11. The van der Waals surface area contributed by atoms with E-state index in [9.17, 15) is 9.59 Å². The maximum atomic E-state index is 12.7. The summed E-state index contributed by atoms with van der Waals surface area (Å²) in [6.45, 7) is 0.613. The molecule has 2 unspecified atom stereocenters. The molecule has 2 aliphatic carbocycles. The third-order valence-corrected chi connectivity index (χ3v) is 6.20. The van der Waals surface area contributed by atoms with Crippen LogP contribution in [0.15, 0.2) is 23.0 Å². The van der Waals surface area contributed by atoms with E-state index < -0.39 is 0 Å². The minimum Gasteiger partial charge on any atom is -0.349 e. The molecule has 148 valence electrons. The molecule has 2 saturated carbocycles. The average Bonchev–Trinajstić information content (AvgIpc) is 3.27. The number of aromatic amines is 1. The molecule has 6 nitrogen and oxygen atoms in total. The Morgan fingerprint density at radius 2 is 1.85 bits per heavy atom. The largest absolute Gasteiger partial charge is 0.349 e. The van der Waals surface area contributed by atoms with Gasteiger partial charge in [-0.05, 0) is 56.3 Å². The molecule has 1 heterocycles. The van der Waals surface area contributed by atoms with Crippen LogP contribution in [0.2, 0.25) is 0 Å². The normalized spacial score (nSPS) is 23.3. The molecule has 0 radical (unpaired) electrons. The Balaban J connectivity index is 0.00000210. The van der Waals surface area contributed by atoms with Crippen LogP contribution in [0.3, 0.4) is 0 Å². The molecule has 0 aliphatic heterocycles. The lowest BCUT2D eigenvalue weighted by Gasteiger charge is -2.31. The number of halogens is 1. The van der Waals surface area contributed by atoms with Gasteiger partial charge in [-0.1, -0.05) is 25.7 Å². The van der Waals surface area contributed by atoms with E-state index in [0.29, 0.717) is 18.0 Å². The lowest BCUT2D eigenvalue weighted by Crippen LogP contribution is -2.44. The Labute approximate surface area is 165 Å². The number of carbonyl (C=O) groups is 1. The first-order chi connectivity index (χ1) is 12.7. The number of hydrogen-bond acceptors (Lipinski definition) is 3. The first kappa shape index (κ1) is 20.0. The number of aromatic nitrogens is 2. The molecule has 2 aliphatic rings. The third kappa shape index (κ3) is 3.92. The number of nitrogens with one attached hydrogen (secondary N) is 2. The molecule has 4 N–H and O–H groups in total. The minimum absolute atomic E-state index is 0. The first-order valence-corrected chi connectivity index (χ1v) is 9.92. The summed E-state index contributed by atoms with van der Waals surface area (Å²) in [6, 6.07) is 5.97. The zero-order chi connectivity index (χ0) is 18.1. The van der Waals surface area contributed by atoms with Crippen molar-refractivity contribution in [1.29, 1.82) is 0 Å². The molecular formula is C20H29ClN4O2. The summed E-state index contributed by atoms with van der Waals surface area (Å²) < 4.78 is 1.87. The van der Waals surface area contributed by atoms with Gasteiger partial charge in [0.1, 0.15) is 0 Å². The smallest absolute Gasteiger partial charge is 0.326 e. The van der Waals surface area contributed by atoms with E-state index in [1.807, 2.05) is 16.7 Å². The molecule has 0 saturated heterocycles. The SMILES string of the molecule is Cl.NCC1CCCCC1NC(=O)c1ccc2c(c1)[nH]c(=O)n2C1CCCC1. The van der Waals surface area contributed by atoms with E-state index in [1.54, 1.807) is 6.07 Å². The van der Waals surface area contributed by atoms with Crippen molar-refractivity contribution >= 4 is 29.3 Å². The highest BCUT2D eigenvalue weighted by atomic mass is 35.5. The second-order valence-corrected chi connectivity index (χ2v) is 7.83. The Hall–Kier alpha value is -1.79. The maximum absolute atomic E-state index is 12.7. The average molecular weight is 393 g/mol. The number of nitrogens with zero attached hydrogens (tertiary/aromatic N) is 1. The molecule has 2 atom stereocenters. The number of hydrogen-bond donors (Lipinski definition) is 3. The maximum Gasteiger partial charge on any atom is 0.326 e. The molecule has 27 heavy (non-hydrogen) atoms. The molecule has 0 bridgehead atoms. The van der Waals surface area contributed by atoms with E-state index in [-0.39, 0.29) is 36.1 Å². The molecule has 1 aromatic heterocycles. The summed E-state index contributed by atoms with van der Waals surface area (Å²) >= 11 is 0. The van der Waals surface area contributed by atoms with Crippen molar-refractivity contribution < 1.29 is 4.79 Å². The summed E-state index contributed by atoms with van der Waals surface area (Å²) in [5.74, 6) is 0.284. The summed E-state index contributed by atoms with van der Waals surface area (Å²) in [6.07, 6.45) is 8.85. The Morgan fingerprint density at radius 1 is 1.15 bits per heavy atom. The van der Waals surface area contributed by atoms with E-state index in [4.69, 9.17) is 5.73 Å². The molecule has 2 fully saturated rings. The zero-order valence-corrected chi connectivity index (χ0v) is 16.4. The van der Waals surface area contributed by atoms with Gasteiger partial charge in [-0.2, -0.15) is 0 Å². The fourth-order valence-corrected chi connectivity index (χ4v) is 4.73. The van der Waals surface area contributed by atoms with Crippen LogP contribution >= 0.6 is 12.4 Å². The fraction of sp³-hybridized carbons (Fsp3) is 0.600. The van der Waals surface area contributed by atoms with Crippen LogP contribution in [0, 0.1) is 5.92 Å². The van der Waals surface area contributed by atoms with Crippen LogP contribution < -0.4 is 16.7 Å². The highest BCUT2D eigenvalue weighted by Crippen LogP contribution is 2.31. The number of nitrogens with two attached hydrogens (primary N) is 1.